The van der Waals surface area contributed by atoms with E-state index in [1.165, 1.54) is 12.1 Å². The van der Waals surface area contributed by atoms with Crippen molar-refractivity contribution in [2.24, 2.45) is 0 Å². The molecule has 0 spiro atoms. The quantitative estimate of drug-likeness (QED) is 0.374. The molecule has 1 aromatic heterocycles. The summed E-state index contributed by atoms with van der Waals surface area (Å²) >= 11 is 3.23. The third kappa shape index (κ3) is 5.15. The average molecular weight is 499 g/mol. The number of pyridine rings is 1. The van der Waals surface area contributed by atoms with Gasteiger partial charge >= 0.3 is 17.9 Å². The molecule has 0 bridgehead atoms. The van der Waals surface area contributed by atoms with Crippen LogP contribution in [0.4, 0.5) is 5.82 Å². The molecule has 0 aliphatic rings. The zero-order valence-corrected chi connectivity index (χ0v) is 18.1. The van der Waals surface area contributed by atoms with Crippen molar-refractivity contribution >= 4 is 39.7 Å². The molecular formula is C19H19BrN2O9. The van der Waals surface area contributed by atoms with E-state index in [2.05, 4.69) is 15.9 Å². The Hall–Kier alpha value is -3.54. The maximum absolute atomic E-state index is 12.2. The first-order valence-corrected chi connectivity index (χ1v) is 9.69. The fourth-order valence-electron chi connectivity index (χ4n) is 2.76. The van der Waals surface area contributed by atoms with Gasteiger partial charge in [-0.1, -0.05) is 15.9 Å². The van der Waals surface area contributed by atoms with E-state index in [0.29, 0.717) is 0 Å². The molecule has 31 heavy (non-hydrogen) atoms. The van der Waals surface area contributed by atoms with Crippen LogP contribution < -0.4 is 20.8 Å². The molecular weight excluding hydrogens is 480 g/mol. The number of carboxylic acids is 2. The molecule has 5 N–H and O–H groups in total. The summed E-state index contributed by atoms with van der Waals surface area (Å²) in [7, 11) is 0. The maximum Gasteiger partial charge on any atom is 0.344 e. The number of hydrogen-bond acceptors (Lipinski definition) is 8. The van der Waals surface area contributed by atoms with Gasteiger partial charge in [-0.25, -0.2) is 14.4 Å². The van der Waals surface area contributed by atoms with Gasteiger partial charge in [0.15, 0.2) is 18.1 Å². The van der Waals surface area contributed by atoms with Crippen molar-refractivity contribution in [3.8, 4) is 22.6 Å². The van der Waals surface area contributed by atoms with Crippen molar-refractivity contribution in [1.29, 1.82) is 0 Å². The highest BCUT2D eigenvalue weighted by Crippen LogP contribution is 2.41. The van der Waals surface area contributed by atoms with Crippen LogP contribution in [-0.4, -0.2) is 52.9 Å². The highest BCUT2D eigenvalue weighted by Gasteiger charge is 2.28. The Labute approximate surface area is 183 Å². The predicted molar refractivity (Wildman–Crippen MR) is 112 cm³/mol. The topological polar surface area (TPSA) is 178 Å². The number of ether oxygens (including phenoxy) is 3. The molecule has 2 rings (SSSR count). The van der Waals surface area contributed by atoms with Gasteiger partial charge in [-0.2, -0.15) is 0 Å². The van der Waals surface area contributed by atoms with Gasteiger partial charge in [-0.05, 0) is 26.0 Å². The number of aromatic nitrogens is 1. The van der Waals surface area contributed by atoms with Gasteiger partial charge in [0.05, 0.1) is 13.2 Å². The van der Waals surface area contributed by atoms with Gasteiger partial charge < -0.3 is 35.1 Å². The van der Waals surface area contributed by atoms with Crippen LogP contribution in [0.3, 0.4) is 0 Å². The molecule has 0 unspecified atom stereocenters. The minimum Gasteiger partial charge on any atom is -0.490 e. The van der Waals surface area contributed by atoms with Crippen molar-refractivity contribution in [3.05, 3.63) is 38.1 Å². The summed E-state index contributed by atoms with van der Waals surface area (Å²) in [6.45, 7) is 3.24. The Balaban J connectivity index is 2.76. The number of carbonyl (C=O) groups excluding carboxylic acids is 1. The first-order chi connectivity index (χ1) is 14.6. The minimum absolute atomic E-state index is 0.0135. The standard InChI is InChI=1S/C19H19BrN2O9/c1-3-29-10-5-8(9(20)6-11(10)31-7-12(23)30-4-2)13-14(18(25)26)16(21)22-17(24)15(13)19(27)28/h5-6H,3-4,7H2,1-2H3,(H,25,26)(H,27,28)(H3,21,22,24). The molecule has 166 valence electrons. The second-order valence-corrected chi connectivity index (χ2v) is 6.76. The van der Waals surface area contributed by atoms with Crippen molar-refractivity contribution in [2.45, 2.75) is 13.8 Å². The summed E-state index contributed by atoms with van der Waals surface area (Å²) in [6, 6.07) is 2.65. The van der Waals surface area contributed by atoms with Gasteiger partial charge in [-0.15, -0.1) is 0 Å². The lowest BCUT2D eigenvalue weighted by molar-refractivity contribution is -0.145. The van der Waals surface area contributed by atoms with E-state index in [1.807, 2.05) is 4.98 Å². The van der Waals surface area contributed by atoms with Crippen LogP contribution in [0.15, 0.2) is 21.4 Å². The van der Waals surface area contributed by atoms with Gasteiger partial charge in [0, 0.05) is 15.6 Å². The maximum atomic E-state index is 12.2. The number of esters is 1. The van der Waals surface area contributed by atoms with Crippen molar-refractivity contribution < 1.29 is 38.8 Å². The second-order valence-electron chi connectivity index (χ2n) is 5.91. The lowest BCUT2D eigenvalue weighted by atomic mass is 9.95. The number of H-pyrrole nitrogens is 1. The number of nitrogens with two attached hydrogens (primary N) is 1. The molecule has 1 aromatic carbocycles. The zero-order chi connectivity index (χ0) is 23.3. The van der Waals surface area contributed by atoms with Crippen LogP contribution in [0.1, 0.15) is 34.6 Å². The number of carboxylic acid groups (broad SMARTS) is 2. The van der Waals surface area contributed by atoms with E-state index in [1.54, 1.807) is 13.8 Å². The molecule has 0 saturated carbocycles. The molecule has 12 heteroatoms. The van der Waals surface area contributed by atoms with Crippen molar-refractivity contribution in [3.63, 3.8) is 0 Å². The second kappa shape index (κ2) is 9.98. The van der Waals surface area contributed by atoms with E-state index in [9.17, 15) is 29.4 Å². The van der Waals surface area contributed by atoms with Crippen LogP contribution in [0, 0.1) is 0 Å². The molecule has 0 saturated heterocycles. The number of rotatable bonds is 9. The van der Waals surface area contributed by atoms with Crippen LogP contribution in [0.25, 0.3) is 11.1 Å². The summed E-state index contributed by atoms with van der Waals surface area (Å²) in [5, 5.41) is 19.1. The number of hydrogen-bond donors (Lipinski definition) is 4. The number of nitrogen functional groups attached to an aromatic ring is 1. The van der Waals surface area contributed by atoms with E-state index in [-0.39, 0.29) is 34.7 Å². The molecule has 0 amide bonds. The number of anilines is 1. The monoisotopic (exact) mass is 498 g/mol. The normalized spacial score (nSPS) is 10.4. The largest absolute Gasteiger partial charge is 0.490 e. The first kappa shape index (κ1) is 23.7. The average Bonchev–Trinajstić information content (AvgIpc) is 2.66. The molecule has 2 aromatic rings. The Morgan fingerprint density at radius 3 is 2.19 bits per heavy atom. The molecule has 0 aliphatic heterocycles. The van der Waals surface area contributed by atoms with Gasteiger partial charge in [0.1, 0.15) is 16.9 Å². The number of aromatic carboxylic acids is 2. The summed E-state index contributed by atoms with van der Waals surface area (Å²) < 4.78 is 15.9. The van der Waals surface area contributed by atoms with Gasteiger partial charge in [-0.3, -0.25) is 4.79 Å². The number of benzene rings is 1. The highest BCUT2D eigenvalue weighted by atomic mass is 79.9. The number of halogens is 1. The van der Waals surface area contributed by atoms with Crippen LogP contribution in [0.2, 0.25) is 0 Å². The molecule has 1 heterocycles. The summed E-state index contributed by atoms with van der Waals surface area (Å²) in [5.74, 6) is -4.13. The van der Waals surface area contributed by atoms with Crippen LogP contribution >= 0.6 is 15.9 Å². The number of aromatic amines is 1. The Bertz CT molecular complexity index is 1090. The van der Waals surface area contributed by atoms with E-state index in [4.69, 9.17) is 19.9 Å². The third-order valence-electron chi connectivity index (χ3n) is 3.93. The van der Waals surface area contributed by atoms with E-state index in [0.717, 1.165) is 0 Å². The van der Waals surface area contributed by atoms with Gasteiger partial charge in [0.25, 0.3) is 5.56 Å². The Morgan fingerprint density at radius 1 is 1.03 bits per heavy atom. The van der Waals surface area contributed by atoms with Crippen LogP contribution in [-0.2, 0) is 9.53 Å². The molecule has 0 atom stereocenters. The smallest absolute Gasteiger partial charge is 0.344 e. The summed E-state index contributed by atoms with van der Waals surface area (Å²) in [4.78, 5) is 49.4. The minimum atomic E-state index is -1.65. The third-order valence-corrected chi connectivity index (χ3v) is 4.58. The predicted octanol–water partition coefficient (Wildman–Crippen LogP) is 2.12. The fraction of sp³-hybridized carbons (Fsp3) is 0.263. The summed E-state index contributed by atoms with van der Waals surface area (Å²) in [5.41, 5.74) is 2.79. The van der Waals surface area contributed by atoms with Crippen LogP contribution in [0.5, 0.6) is 11.5 Å². The van der Waals surface area contributed by atoms with Gasteiger partial charge in [0.2, 0.25) is 0 Å². The fourth-order valence-corrected chi connectivity index (χ4v) is 3.28. The molecule has 11 nitrogen and oxygen atoms in total. The first-order valence-electron chi connectivity index (χ1n) is 8.89. The number of nitrogens with one attached hydrogen (secondary N) is 1. The van der Waals surface area contributed by atoms with Crippen molar-refractivity contribution in [1.82, 2.24) is 4.98 Å². The van der Waals surface area contributed by atoms with Crippen molar-refractivity contribution in [2.75, 3.05) is 25.6 Å². The van der Waals surface area contributed by atoms with E-state index >= 15 is 0 Å². The Morgan fingerprint density at radius 2 is 1.65 bits per heavy atom. The molecule has 0 aliphatic carbocycles. The lowest BCUT2D eigenvalue weighted by Gasteiger charge is -2.17. The molecule has 0 fully saturated rings. The summed E-state index contributed by atoms with van der Waals surface area (Å²) in [6.07, 6.45) is 0. The highest BCUT2D eigenvalue weighted by molar-refractivity contribution is 9.10. The number of carbonyl (C=O) groups is 3. The molecule has 0 radical (unpaired) electrons. The lowest BCUT2D eigenvalue weighted by Crippen LogP contribution is -2.24. The van der Waals surface area contributed by atoms with E-state index < -0.39 is 52.6 Å². The Kier molecular flexibility index (Phi) is 7.64. The SMILES string of the molecule is CCOC(=O)COc1cc(Br)c(-c2c(C(=O)O)c(N)[nH]c(=O)c2C(=O)O)cc1OCC. The zero-order valence-electron chi connectivity index (χ0n) is 16.5.